The highest BCUT2D eigenvalue weighted by Gasteiger charge is 2.24. The van der Waals surface area contributed by atoms with Crippen molar-refractivity contribution in [2.24, 2.45) is 0 Å². The number of aliphatic hydroxyl groups is 2. The van der Waals surface area contributed by atoms with Gasteiger partial charge in [-0.3, -0.25) is 0 Å². The Bertz CT molecular complexity index is 941. The number of hydrogen-bond donors (Lipinski definition) is 3. The minimum atomic E-state index is 0.162. The second-order valence-corrected chi connectivity index (χ2v) is 5.93. The molecule has 0 amide bonds. The second-order valence-electron chi connectivity index (χ2n) is 5.93. The van der Waals surface area contributed by atoms with E-state index in [1.165, 1.54) is 0 Å². The average molecular weight is 316 g/mol. The zero-order valence-electron chi connectivity index (χ0n) is 12.9. The first-order valence-corrected chi connectivity index (χ1v) is 7.76. The zero-order chi connectivity index (χ0) is 16.7. The van der Waals surface area contributed by atoms with E-state index in [0.29, 0.717) is 0 Å². The molecule has 2 aliphatic rings. The van der Waals surface area contributed by atoms with Gasteiger partial charge in [-0.15, -0.1) is 0 Å². The van der Waals surface area contributed by atoms with Crippen molar-refractivity contribution in [1.82, 2.24) is 0 Å². The van der Waals surface area contributed by atoms with E-state index in [-0.39, 0.29) is 23.7 Å². The molecular weight excluding hydrogens is 300 g/mol. The largest absolute Gasteiger partial charge is 0.512 e. The van der Waals surface area contributed by atoms with Crippen LogP contribution in [0.5, 0.6) is 5.75 Å². The van der Waals surface area contributed by atoms with E-state index in [1.807, 2.05) is 48.6 Å². The quantitative estimate of drug-likeness (QED) is 0.727. The van der Waals surface area contributed by atoms with E-state index in [1.54, 1.807) is 18.2 Å². The van der Waals surface area contributed by atoms with Gasteiger partial charge in [-0.1, -0.05) is 48.6 Å². The fraction of sp³-hybridized carbons (Fsp3) is 0.0476. The highest BCUT2D eigenvalue weighted by atomic mass is 16.3. The van der Waals surface area contributed by atoms with Crippen LogP contribution in [0.4, 0.5) is 0 Å². The molecule has 0 heterocycles. The molecule has 0 atom stereocenters. The van der Waals surface area contributed by atoms with Crippen molar-refractivity contribution in [3.63, 3.8) is 0 Å². The van der Waals surface area contributed by atoms with E-state index < -0.39 is 0 Å². The summed E-state index contributed by atoms with van der Waals surface area (Å²) in [6.45, 7) is 0. The lowest BCUT2D eigenvalue weighted by Crippen LogP contribution is -2.00. The first-order chi connectivity index (χ1) is 11.6. The maximum Gasteiger partial charge on any atom is 0.115 e. The third kappa shape index (κ3) is 2.31. The maximum atomic E-state index is 10.1. The predicted octanol–water partition coefficient (Wildman–Crippen LogP) is 5.04. The zero-order valence-corrected chi connectivity index (χ0v) is 12.9. The van der Waals surface area contributed by atoms with Gasteiger partial charge in [0.25, 0.3) is 0 Å². The van der Waals surface area contributed by atoms with Crippen molar-refractivity contribution in [3.05, 3.63) is 95.0 Å². The molecule has 0 saturated carbocycles. The van der Waals surface area contributed by atoms with Crippen LogP contribution in [0, 0.1) is 0 Å². The number of hydrogen-bond acceptors (Lipinski definition) is 3. The predicted molar refractivity (Wildman–Crippen MR) is 94.6 cm³/mol. The number of phenols is 1. The fourth-order valence-electron chi connectivity index (χ4n) is 3.23. The Morgan fingerprint density at radius 2 is 1.33 bits per heavy atom. The molecule has 24 heavy (non-hydrogen) atoms. The lowest BCUT2D eigenvalue weighted by Gasteiger charge is -2.15. The summed E-state index contributed by atoms with van der Waals surface area (Å²) in [7, 11) is 0. The molecule has 0 fully saturated rings. The Kier molecular flexibility index (Phi) is 3.28. The first kappa shape index (κ1) is 14.4. The highest BCUT2D eigenvalue weighted by molar-refractivity contribution is 5.93. The number of allylic oxidation sites excluding steroid dienone is 6. The Labute approximate surface area is 139 Å². The fourth-order valence-corrected chi connectivity index (χ4v) is 3.23. The molecule has 2 aromatic carbocycles. The van der Waals surface area contributed by atoms with Gasteiger partial charge in [0.15, 0.2) is 0 Å². The molecular formula is C21H16O3. The van der Waals surface area contributed by atoms with E-state index in [4.69, 9.17) is 0 Å². The Morgan fingerprint density at radius 3 is 2.08 bits per heavy atom. The summed E-state index contributed by atoms with van der Waals surface area (Å²) in [4.78, 5) is 0. The van der Waals surface area contributed by atoms with Gasteiger partial charge in [0.05, 0.1) is 6.42 Å². The summed E-state index contributed by atoms with van der Waals surface area (Å²) in [6, 6.07) is 15.1. The molecule has 118 valence electrons. The first-order valence-electron chi connectivity index (χ1n) is 7.76. The van der Waals surface area contributed by atoms with Crippen LogP contribution in [0.25, 0.3) is 16.7 Å². The van der Waals surface area contributed by atoms with Crippen molar-refractivity contribution in [1.29, 1.82) is 0 Å². The summed E-state index contributed by atoms with van der Waals surface area (Å²) >= 11 is 0. The molecule has 0 radical (unpaired) electrons. The van der Waals surface area contributed by atoms with Crippen LogP contribution in [-0.4, -0.2) is 15.3 Å². The van der Waals surface area contributed by atoms with Crippen molar-refractivity contribution >= 4 is 5.57 Å². The van der Waals surface area contributed by atoms with Gasteiger partial charge in [0, 0.05) is 5.57 Å². The summed E-state index contributed by atoms with van der Waals surface area (Å²) in [5.41, 5.74) is 5.61. The van der Waals surface area contributed by atoms with E-state index in [0.717, 1.165) is 33.4 Å². The topological polar surface area (TPSA) is 60.7 Å². The molecule has 0 unspecified atom stereocenters. The minimum Gasteiger partial charge on any atom is -0.512 e. The third-order valence-corrected chi connectivity index (χ3v) is 4.36. The number of phenolic OH excluding ortho intramolecular Hbond substituents is 1. The molecule has 0 spiro atoms. The molecule has 3 heteroatoms. The average Bonchev–Trinajstić information content (AvgIpc) is 2.99. The van der Waals surface area contributed by atoms with Crippen molar-refractivity contribution < 1.29 is 15.3 Å². The number of aromatic hydroxyl groups is 1. The van der Waals surface area contributed by atoms with Crippen molar-refractivity contribution in [2.75, 3.05) is 0 Å². The van der Waals surface area contributed by atoms with Gasteiger partial charge in [-0.05, 0) is 46.0 Å². The number of benzene rings is 2. The summed E-state index contributed by atoms with van der Waals surface area (Å²) in [5, 5.41) is 29.5. The van der Waals surface area contributed by atoms with Gasteiger partial charge in [0.1, 0.15) is 17.3 Å². The van der Waals surface area contributed by atoms with Gasteiger partial charge in [-0.25, -0.2) is 0 Å². The molecule has 4 rings (SSSR count). The summed E-state index contributed by atoms with van der Waals surface area (Å²) < 4.78 is 0. The smallest absolute Gasteiger partial charge is 0.115 e. The lowest BCUT2D eigenvalue weighted by atomic mass is 9.90. The van der Waals surface area contributed by atoms with Gasteiger partial charge >= 0.3 is 0 Å². The van der Waals surface area contributed by atoms with Gasteiger partial charge < -0.3 is 15.3 Å². The van der Waals surface area contributed by atoms with Gasteiger partial charge in [-0.2, -0.15) is 0 Å². The molecule has 2 aliphatic carbocycles. The normalized spacial score (nSPS) is 16.4. The molecule has 3 nitrogen and oxygen atoms in total. The van der Waals surface area contributed by atoms with Crippen LogP contribution in [0.15, 0.2) is 89.4 Å². The SMILES string of the molecule is OC1=CC2=C(c3ccccc3-c3ccc(O)cc3)C=CC2=C(O)C1. The van der Waals surface area contributed by atoms with Crippen LogP contribution < -0.4 is 0 Å². The Hall–Kier alpha value is -3.20. The summed E-state index contributed by atoms with van der Waals surface area (Å²) in [5.74, 6) is 0.585. The van der Waals surface area contributed by atoms with E-state index in [9.17, 15) is 15.3 Å². The van der Waals surface area contributed by atoms with Crippen LogP contribution in [0.1, 0.15) is 12.0 Å². The minimum absolute atomic E-state index is 0.162. The standard InChI is InChI=1S/C21H16O3/c22-14-7-5-13(6-8-14)16-3-1-2-4-17(16)18-9-10-19-20(18)11-15(23)12-21(19)24/h1-11,22-24H,12H2. The van der Waals surface area contributed by atoms with E-state index in [2.05, 4.69) is 0 Å². The van der Waals surface area contributed by atoms with Crippen LogP contribution in [-0.2, 0) is 0 Å². The van der Waals surface area contributed by atoms with Crippen LogP contribution in [0.2, 0.25) is 0 Å². The highest BCUT2D eigenvalue weighted by Crippen LogP contribution is 2.41. The second kappa shape index (κ2) is 5.46. The van der Waals surface area contributed by atoms with Crippen molar-refractivity contribution in [2.45, 2.75) is 6.42 Å². The summed E-state index contributed by atoms with van der Waals surface area (Å²) in [6.07, 6.45) is 5.75. The number of rotatable bonds is 2. The Morgan fingerprint density at radius 1 is 0.667 bits per heavy atom. The molecule has 0 bridgehead atoms. The Balaban J connectivity index is 1.91. The maximum absolute atomic E-state index is 10.1. The van der Waals surface area contributed by atoms with Crippen molar-refractivity contribution in [3.8, 4) is 16.9 Å². The van der Waals surface area contributed by atoms with Crippen LogP contribution in [0.3, 0.4) is 0 Å². The molecule has 0 saturated heterocycles. The number of aliphatic hydroxyl groups excluding tert-OH is 2. The lowest BCUT2D eigenvalue weighted by molar-refractivity contribution is 0.336. The third-order valence-electron chi connectivity index (χ3n) is 4.36. The van der Waals surface area contributed by atoms with Crippen LogP contribution >= 0.6 is 0 Å². The number of fused-ring (bicyclic) bond motifs is 1. The molecule has 0 aliphatic heterocycles. The monoisotopic (exact) mass is 316 g/mol. The van der Waals surface area contributed by atoms with E-state index >= 15 is 0 Å². The molecule has 2 aromatic rings. The molecule has 3 N–H and O–H groups in total. The molecule has 0 aromatic heterocycles. The van der Waals surface area contributed by atoms with Gasteiger partial charge in [0.2, 0.25) is 0 Å².